The number of rotatable bonds is 4. The first kappa shape index (κ1) is 24.2. The number of amides is 1. The van der Waals surface area contributed by atoms with Gasteiger partial charge in [0.25, 0.3) is 5.91 Å². The van der Waals surface area contributed by atoms with Crippen molar-refractivity contribution in [1.29, 1.82) is 0 Å². The van der Waals surface area contributed by atoms with Gasteiger partial charge < -0.3 is 14.5 Å². The fourth-order valence-corrected chi connectivity index (χ4v) is 4.76. The molecule has 0 aliphatic rings. The molecule has 0 saturated heterocycles. The maximum atomic E-state index is 12.6. The lowest BCUT2D eigenvalue weighted by molar-refractivity contribution is 0.0977. The number of thiocarbonyl (C=S) groups is 1. The van der Waals surface area contributed by atoms with Gasteiger partial charge >= 0.3 is 0 Å². The molecule has 6 nitrogen and oxygen atoms in total. The first-order valence-corrected chi connectivity index (χ1v) is 12.3. The van der Waals surface area contributed by atoms with Crippen LogP contribution in [-0.4, -0.2) is 23.1 Å². The maximum Gasteiger partial charge on any atom is 0.257 e. The number of benzene rings is 3. The zero-order valence-corrected chi connectivity index (χ0v) is 22.8. The van der Waals surface area contributed by atoms with Crippen LogP contribution in [0.4, 0.5) is 5.69 Å². The quantitative estimate of drug-likeness (QED) is 0.175. The number of hydrogen-bond donors (Lipinski definition) is 2. The molecule has 0 unspecified atom stereocenters. The van der Waals surface area contributed by atoms with Crippen LogP contribution >= 0.6 is 73.9 Å². The Morgan fingerprint density at radius 2 is 1.88 bits per heavy atom. The summed E-state index contributed by atoms with van der Waals surface area (Å²) in [5.41, 5.74) is 3.00. The van der Waals surface area contributed by atoms with Crippen LogP contribution in [-0.2, 0) is 0 Å². The minimum Gasteiger partial charge on any atom is -0.494 e. The van der Waals surface area contributed by atoms with Crippen molar-refractivity contribution in [3.05, 3.63) is 72.2 Å². The summed E-state index contributed by atoms with van der Waals surface area (Å²) in [6.07, 6.45) is 0. The molecule has 0 spiro atoms. The fraction of sp³-hybridized carbons (Fsp3) is 0.0455. The molecular formula is C22H13BrCl2IN3O3S. The second-order valence-corrected chi connectivity index (χ2v) is 10.0. The van der Waals surface area contributed by atoms with E-state index in [0.29, 0.717) is 28.4 Å². The SMILES string of the molecule is COc1c(Cl)cc(C(=O)NC(=S)Nc2ccc3oc(-c4cc(I)ccc4Br)nc3c2)cc1Cl. The number of anilines is 1. The molecule has 3 aromatic carbocycles. The Balaban J connectivity index is 1.50. The number of carbonyl (C=O) groups excluding carboxylic acids is 1. The van der Waals surface area contributed by atoms with Gasteiger partial charge in [-0.2, -0.15) is 0 Å². The lowest BCUT2D eigenvalue weighted by Gasteiger charge is -2.11. The monoisotopic (exact) mass is 675 g/mol. The molecule has 11 heteroatoms. The zero-order chi connectivity index (χ0) is 23.7. The molecule has 0 aliphatic carbocycles. The second kappa shape index (κ2) is 10.1. The smallest absolute Gasteiger partial charge is 0.257 e. The minimum atomic E-state index is -0.465. The van der Waals surface area contributed by atoms with E-state index >= 15 is 0 Å². The summed E-state index contributed by atoms with van der Waals surface area (Å²) in [4.78, 5) is 17.1. The van der Waals surface area contributed by atoms with Crippen molar-refractivity contribution in [3.8, 4) is 17.2 Å². The predicted octanol–water partition coefficient (Wildman–Crippen LogP) is 7.30. The lowest BCUT2D eigenvalue weighted by Crippen LogP contribution is -2.34. The number of nitrogens with one attached hydrogen (secondary N) is 2. The van der Waals surface area contributed by atoms with Crippen molar-refractivity contribution < 1.29 is 13.9 Å². The first-order valence-electron chi connectivity index (χ1n) is 9.26. The number of aromatic nitrogens is 1. The van der Waals surface area contributed by atoms with Crippen molar-refractivity contribution in [2.45, 2.75) is 0 Å². The Bertz CT molecular complexity index is 1390. The van der Waals surface area contributed by atoms with E-state index in [4.69, 9.17) is 44.6 Å². The van der Waals surface area contributed by atoms with E-state index < -0.39 is 5.91 Å². The van der Waals surface area contributed by atoms with Crippen LogP contribution in [0.1, 0.15) is 10.4 Å². The molecular weight excluding hydrogens is 664 g/mol. The van der Waals surface area contributed by atoms with Crippen LogP contribution in [0.25, 0.3) is 22.6 Å². The van der Waals surface area contributed by atoms with E-state index in [0.717, 1.165) is 13.6 Å². The summed E-state index contributed by atoms with van der Waals surface area (Å²) < 4.78 is 13.0. The van der Waals surface area contributed by atoms with E-state index in [-0.39, 0.29) is 20.7 Å². The van der Waals surface area contributed by atoms with Gasteiger partial charge in [0.2, 0.25) is 5.89 Å². The van der Waals surface area contributed by atoms with Crippen molar-refractivity contribution in [2.24, 2.45) is 0 Å². The Morgan fingerprint density at radius 1 is 1.15 bits per heavy atom. The molecule has 0 atom stereocenters. The minimum absolute atomic E-state index is 0.103. The fourth-order valence-electron chi connectivity index (χ4n) is 3.01. The van der Waals surface area contributed by atoms with Crippen molar-refractivity contribution in [2.75, 3.05) is 12.4 Å². The van der Waals surface area contributed by atoms with Gasteiger partial charge in [-0.05, 0) is 99.3 Å². The number of methoxy groups -OCH3 is 1. The van der Waals surface area contributed by atoms with Gasteiger partial charge in [-0.3, -0.25) is 10.1 Å². The van der Waals surface area contributed by atoms with Gasteiger partial charge in [0.1, 0.15) is 5.52 Å². The number of fused-ring (bicyclic) bond motifs is 1. The summed E-state index contributed by atoms with van der Waals surface area (Å²) in [7, 11) is 1.44. The van der Waals surface area contributed by atoms with E-state index in [1.807, 2.05) is 18.2 Å². The Labute approximate surface area is 226 Å². The highest BCUT2D eigenvalue weighted by atomic mass is 127. The van der Waals surface area contributed by atoms with E-state index in [9.17, 15) is 4.79 Å². The number of ether oxygens (including phenoxy) is 1. The summed E-state index contributed by atoms with van der Waals surface area (Å²) in [6.45, 7) is 0. The predicted molar refractivity (Wildman–Crippen MR) is 147 cm³/mol. The van der Waals surface area contributed by atoms with E-state index in [2.05, 4.69) is 54.1 Å². The standard InChI is InChI=1S/C22H13BrCl2IN3O3S/c1-31-19-15(24)6-10(7-16(19)25)20(30)29-22(33)27-12-3-5-18-17(9-12)28-21(32-18)13-8-11(26)2-4-14(13)23/h2-9H,1H3,(H2,27,29,30,33). The molecule has 0 fully saturated rings. The summed E-state index contributed by atoms with van der Waals surface area (Å²) in [5.74, 6) is 0.331. The molecule has 33 heavy (non-hydrogen) atoms. The highest BCUT2D eigenvalue weighted by Crippen LogP contribution is 2.34. The number of carbonyl (C=O) groups is 1. The normalized spacial score (nSPS) is 10.8. The van der Waals surface area contributed by atoms with Crippen molar-refractivity contribution in [3.63, 3.8) is 0 Å². The second-order valence-electron chi connectivity index (χ2n) is 6.71. The van der Waals surface area contributed by atoms with Crippen LogP contribution in [0.2, 0.25) is 10.0 Å². The van der Waals surface area contributed by atoms with Crippen LogP contribution in [0.15, 0.2) is 57.4 Å². The van der Waals surface area contributed by atoms with Crippen LogP contribution in [0.3, 0.4) is 0 Å². The lowest BCUT2D eigenvalue weighted by atomic mass is 10.2. The number of halogens is 4. The molecule has 4 rings (SSSR count). The highest BCUT2D eigenvalue weighted by molar-refractivity contribution is 14.1. The molecule has 1 amide bonds. The zero-order valence-electron chi connectivity index (χ0n) is 16.7. The average Bonchev–Trinajstić information content (AvgIpc) is 3.18. The van der Waals surface area contributed by atoms with E-state index in [1.165, 1.54) is 19.2 Å². The van der Waals surface area contributed by atoms with Crippen LogP contribution in [0, 0.1) is 3.57 Å². The van der Waals surface area contributed by atoms with Crippen molar-refractivity contribution in [1.82, 2.24) is 10.3 Å². The largest absolute Gasteiger partial charge is 0.494 e. The molecule has 4 aromatic rings. The molecule has 0 bridgehead atoms. The third-order valence-electron chi connectivity index (χ3n) is 4.50. The molecule has 0 saturated carbocycles. The van der Waals surface area contributed by atoms with Gasteiger partial charge in [-0.25, -0.2) is 4.98 Å². The van der Waals surface area contributed by atoms with Crippen LogP contribution < -0.4 is 15.4 Å². The van der Waals surface area contributed by atoms with Gasteiger partial charge in [0.05, 0.1) is 22.7 Å². The Hall–Kier alpha value is -1.92. The molecule has 1 aromatic heterocycles. The Morgan fingerprint density at radius 3 is 2.58 bits per heavy atom. The summed E-state index contributed by atoms with van der Waals surface area (Å²) in [5, 5.41) is 6.12. The first-order chi connectivity index (χ1) is 15.7. The number of nitrogens with zero attached hydrogens (tertiary/aromatic N) is 1. The third-order valence-corrected chi connectivity index (χ3v) is 6.62. The topological polar surface area (TPSA) is 76.4 Å². The van der Waals surface area contributed by atoms with Gasteiger partial charge in [0.15, 0.2) is 16.4 Å². The van der Waals surface area contributed by atoms with Gasteiger partial charge in [-0.15, -0.1) is 0 Å². The molecule has 168 valence electrons. The van der Waals surface area contributed by atoms with Crippen molar-refractivity contribution >= 4 is 102 Å². The van der Waals surface area contributed by atoms with Gasteiger partial charge in [0, 0.05) is 19.3 Å². The maximum absolute atomic E-state index is 12.6. The average molecular weight is 677 g/mol. The summed E-state index contributed by atoms with van der Waals surface area (Å²) >= 11 is 23.3. The molecule has 1 heterocycles. The number of oxazole rings is 1. The highest BCUT2D eigenvalue weighted by Gasteiger charge is 2.16. The van der Waals surface area contributed by atoms with Gasteiger partial charge in [-0.1, -0.05) is 23.2 Å². The summed E-state index contributed by atoms with van der Waals surface area (Å²) in [6, 6.07) is 14.2. The molecule has 0 radical (unpaired) electrons. The van der Waals surface area contributed by atoms with Crippen LogP contribution in [0.5, 0.6) is 5.75 Å². The molecule has 0 aliphatic heterocycles. The Kier molecular flexibility index (Phi) is 7.44. The molecule has 2 N–H and O–H groups in total. The number of hydrogen-bond acceptors (Lipinski definition) is 5. The van der Waals surface area contributed by atoms with E-state index in [1.54, 1.807) is 18.2 Å². The third kappa shape index (κ3) is 5.43.